The standard InChI is InChI=1S/C12H18ClNS/c1-3-14-12(9-15-4-2)10-6-5-7-11(13)8-10/h5-8,12,14H,3-4,9H2,1-2H3. The molecule has 0 aliphatic heterocycles. The quantitative estimate of drug-likeness (QED) is 0.817. The van der Waals surface area contributed by atoms with Crippen LogP contribution in [0.4, 0.5) is 0 Å². The predicted octanol–water partition coefficient (Wildman–Crippen LogP) is 3.74. The number of nitrogens with one attached hydrogen (secondary N) is 1. The van der Waals surface area contributed by atoms with Crippen molar-refractivity contribution in [3.05, 3.63) is 34.9 Å². The van der Waals surface area contributed by atoms with Gasteiger partial charge in [0, 0.05) is 16.8 Å². The lowest BCUT2D eigenvalue weighted by molar-refractivity contribution is 0.606. The Morgan fingerprint density at radius 3 is 2.80 bits per heavy atom. The summed E-state index contributed by atoms with van der Waals surface area (Å²) in [4.78, 5) is 0. The molecule has 0 aromatic heterocycles. The molecule has 0 spiro atoms. The van der Waals surface area contributed by atoms with E-state index < -0.39 is 0 Å². The monoisotopic (exact) mass is 243 g/mol. The third-order valence-electron chi connectivity index (χ3n) is 2.19. The van der Waals surface area contributed by atoms with Gasteiger partial charge >= 0.3 is 0 Å². The van der Waals surface area contributed by atoms with Crippen LogP contribution in [0.1, 0.15) is 25.5 Å². The highest BCUT2D eigenvalue weighted by Crippen LogP contribution is 2.21. The summed E-state index contributed by atoms with van der Waals surface area (Å²) in [5.41, 5.74) is 1.28. The highest BCUT2D eigenvalue weighted by molar-refractivity contribution is 7.99. The molecule has 0 saturated carbocycles. The zero-order chi connectivity index (χ0) is 11.1. The van der Waals surface area contributed by atoms with Gasteiger partial charge in [-0.3, -0.25) is 0 Å². The first-order valence-corrected chi connectivity index (χ1v) is 6.87. The highest BCUT2D eigenvalue weighted by Gasteiger charge is 2.09. The van der Waals surface area contributed by atoms with Crippen LogP contribution < -0.4 is 5.32 Å². The molecule has 0 amide bonds. The first-order chi connectivity index (χ1) is 7.27. The van der Waals surface area contributed by atoms with Crippen LogP contribution in [0.5, 0.6) is 0 Å². The molecule has 0 heterocycles. The Morgan fingerprint density at radius 1 is 1.40 bits per heavy atom. The molecule has 15 heavy (non-hydrogen) atoms. The molecule has 0 radical (unpaired) electrons. The summed E-state index contributed by atoms with van der Waals surface area (Å²) in [5, 5.41) is 4.30. The van der Waals surface area contributed by atoms with E-state index in [1.165, 1.54) is 5.56 Å². The zero-order valence-electron chi connectivity index (χ0n) is 9.29. The van der Waals surface area contributed by atoms with Gasteiger partial charge in [-0.15, -0.1) is 0 Å². The van der Waals surface area contributed by atoms with Crippen molar-refractivity contribution in [3.8, 4) is 0 Å². The van der Waals surface area contributed by atoms with E-state index in [0.717, 1.165) is 23.1 Å². The summed E-state index contributed by atoms with van der Waals surface area (Å²) >= 11 is 7.94. The lowest BCUT2D eigenvalue weighted by atomic mass is 10.1. The summed E-state index contributed by atoms with van der Waals surface area (Å²) in [6.07, 6.45) is 0. The molecule has 0 bridgehead atoms. The van der Waals surface area contributed by atoms with Crippen molar-refractivity contribution in [1.82, 2.24) is 5.32 Å². The average molecular weight is 244 g/mol. The number of thioether (sulfide) groups is 1. The number of halogens is 1. The Morgan fingerprint density at radius 2 is 2.20 bits per heavy atom. The van der Waals surface area contributed by atoms with Crippen molar-refractivity contribution in [2.75, 3.05) is 18.1 Å². The van der Waals surface area contributed by atoms with E-state index in [0.29, 0.717) is 6.04 Å². The first-order valence-electron chi connectivity index (χ1n) is 5.34. The van der Waals surface area contributed by atoms with Crippen molar-refractivity contribution in [2.45, 2.75) is 19.9 Å². The Hall–Kier alpha value is -0.180. The summed E-state index contributed by atoms with van der Waals surface area (Å²) in [6.45, 7) is 5.31. The molecule has 1 atom stereocenters. The van der Waals surface area contributed by atoms with E-state index in [1.807, 2.05) is 30.0 Å². The van der Waals surface area contributed by atoms with E-state index in [-0.39, 0.29) is 0 Å². The fourth-order valence-electron chi connectivity index (χ4n) is 1.48. The molecule has 0 aliphatic rings. The van der Waals surface area contributed by atoms with Crippen LogP contribution in [-0.2, 0) is 0 Å². The molecular formula is C12H18ClNS. The highest BCUT2D eigenvalue weighted by atomic mass is 35.5. The summed E-state index contributed by atoms with van der Waals surface area (Å²) < 4.78 is 0. The topological polar surface area (TPSA) is 12.0 Å². The minimum absolute atomic E-state index is 0.415. The Balaban J connectivity index is 2.69. The molecule has 84 valence electrons. The fraction of sp³-hybridized carbons (Fsp3) is 0.500. The van der Waals surface area contributed by atoms with Crippen molar-refractivity contribution >= 4 is 23.4 Å². The Bertz CT molecular complexity index is 291. The van der Waals surface area contributed by atoms with Gasteiger partial charge in [-0.25, -0.2) is 0 Å². The maximum absolute atomic E-state index is 5.99. The molecule has 3 heteroatoms. The third kappa shape index (κ3) is 4.45. The van der Waals surface area contributed by atoms with Gasteiger partial charge in [0.1, 0.15) is 0 Å². The van der Waals surface area contributed by atoms with Crippen LogP contribution in [0.25, 0.3) is 0 Å². The predicted molar refractivity (Wildman–Crippen MR) is 70.9 cm³/mol. The summed E-state index contributed by atoms with van der Waals surface area (Å²) in [7, 11) is 0. The second kappa shape index (κ2) is 7.15. The molecule has 0 aliphatic carbocycles. The maximum Gasteiger partial charge on any atom is 0.0412 e. The van der Waals surface area contributed by atoms with Gasteiger partial charge in [-0.1, -0.05) is 37.6 Å². The molecule has 1 aromatic carbocycles. The summed E-state index contributed by atoms with van der Waals surface area (Å²) in [6, 6.07) is 8.53. The van der Waals surface area contributed by atoms with Crippen LogP contribution in [0.3, 0.4) is 0 Å². The SMILES string of the molecule is CCNC(CSCC)c1cccc(Cl)c1. The number of benzene rings is 1. The Labute approximate surface area is 102 Å². The number of hydrogen-bond donors (Lipinski definition) is 1. The molecule has 1 unspecified atom stereocenters. The van der Waals surface area contributed by atoms with E-state index in [2.05, 4.69) is 25.2 Å². The second-order valence-electron chi connectivity index (χ2n) is 3.32. The second-order valence-corrected chi connectivity index (χ2v) is 5.08. The van der Waals surface area contributed by atoms with E-state index in [1.54, 1.807) is 0 Å². The lowest BCUT2D eigenvalue weighted by Crippen LogP contribution is -2.23. The lowest BCUT2D eigenvalue weighted by Gasteiger charge is -2.17. The maximum atomic E-state index is 5.99. The first kappa shape index (κ1) is 12.9. The molecule has 1 rings (SSSR count). The van der Waals surface area contributed by atoms with Gasteiger partial charge in [-0.2, -0.15) is 11.8 Å². The van der Waals surface area contributed by atoms with Gasteiger partial charge < -0.3 is 5.32 Å². The number of rotatable bonds is 6. The minimum atomic E-state index is 0.415. The minimum Gasteiger partial charge on any atom is -0.310 e. The molecule has 0 fully saturated rings. The molecular weight excluding hydrogens is 226 g/mol. The van der Waals surface area contributed by atoms with Crippen LogP contribution in [0.15, 0.2) is 24.3 Å². The smallest absolute Gasteiger partial charge is 0.0412 e. The third-order valence-corrected chi connectivity index (χ3v) is 3.40. The van der Waals surface area contributed by atoms with Crippen molar-refractivity contribution in [1.29, 1.82) is 0 Å². The fourth-order valence-corrected chi connectivity index (χ4v) is 2.46. The van der Waals surface area contributed by atoms with Gasteiger partial charge in [0.25, 0.3) is 0 Å². The molecule has 1 N–H and O–H groups in total. The zero-order valence-corrected chi connectivity index (χ0v) is 10.9. The van der Waals surface area contributed by atoms with Crippen LogP contribution >= 0.6 is 23.4 Å². The van der Waals surface area contributed by atoms with E-state index >= 15 is 0 Å². The molecule has 1 aromatic rings. The Kier molecular flexibility index (Phi) is 6.15. The van der Waals surface area contributed by atoms with Gasteiger partial charge in [0.15, 0.2) is 0 Å². The van der Waals surface area contributed by atoms with E-state index in [9.17, 15) is 0 Å². The van der Waals surface area contributed by atoms with Gasteiger partial charge in [0.2, 0.25) is 0 Å². The molecule has 0 saturated heterocycles. The van der Waals surface area contributed by atoms with Crippen LogP contribution in [0.2, 0.25) is 5.02 Å². The van der Waals surface area contributed by atoms with Gasteiger partial charge in [-0.05, 0) is 30.0 Å². The normalized spacial score (nSPS) is 12.7. The van der Waals surface area contributed by atoms with Gasteiger partial charge in [0.05, 0.1) is 0 Å². The van der Waals surface area contributed by atoms with Crippen LogP contribution in [0, 0.1) is 0 Å². The number of hydrogen-bond acceptors (Lipinski definition) is 2. The average Bonchev–Trinajstić information content (AvgIpc) is 2.24. The van der Waals surface area contributed by atoms with Crippen LogP contribution in [-0.4, -0.2) is 18.1 Å². The largest absolute Gasteiger partial charge is 0.310 e. The van der Waals surface area contributed by atoms with E-state index in [4.69, 9.17) is 11.6 Å². The van der Waals surface area contributed by atoms with Crippen molar-refractivity contribution in [3.63, 3.8) is 0 Å². The van der Waals surface area contributed by atoms with Crippen molar-refractivity contribution in [2.24, 2.45) is 0 Å². The summed E-state index contributed by atoms with van der Waals surface area (Å²) in [5.74, 6) is 2.26. The molecule has 1 nitrogen and oxygen atoms in total. The van der Waals surface area contributed by atoms with Crippen molar-refractivity contribution < 1.29 is 0 Å².